The third-order valence-electron chi connectivity index (χ3n) is 2.19. The summed E-state index contributed by atoms with van der Waals surface area (Å²) >= 11 is 0. The van der Waals surface area contributed by atoms with Crippen molar-refractivity contribution in [3.8, 4) is 0 Å². The fourth-order valence-corrected chi connectivity index (χ4v) is 1.53. The molecule has 4 heteroatoms. The molecule has 15 heavy (non-hydrogen) atoms. The molecule has 2 aromatic rings. The van der Waals surface area contributed by atoms with Gasteiger partial charge in [-0.2, -0.15) is 0 Å². The topological polar surface area (TPSA) is 43.6 Å². The number of carbonyl (C=O) groups excluding carboxylic acids is 1. The summed E-state index contributed by atoms with van der Waals surface area (Å²) in [6.45, 7) is 4.01. The molecule has 0 spiro atoms. The zero-order chi connectivity index (χ0) is 10.8. The number of rotatable bonds is 2. The molecule has 0 aliphatic rings. The lowest BCUT2D eigenvalue weighted by molar-refractivity contribution is 0.0511. The Morgan fingerprint density at radius 3 is 3.07 bits per heavy atom. The van der Waals surface area contributed by atoms with Gasteiger partial charge in [-0.05, 0) is 26.0 Å². The quantitative estimate of drug-likeness (QED) is 0.701. The summed E-state index contributed by atoms with van der Waals surface area (Å²) in [4.78, 5) is 15.8. The molecule has 78 valence electrons. The highest BCUT2D eigenvalue weighted by molar-refractivity contribution is 5.87. The van der Waals surface area contributed by atoms with Gasteiger partial charge in [-0.25, -0.2) is 9.78 Å². The standard InChI is InChI=1S/C11H12N2O2/c1-3-15-11(14)10-12-8(2)9-6-4-5-7-13(9)10/h4-7H,3H2,1-2H3. The molecule has 0 aliphatic heterocycles. The normalized spacial score (nSPS) is 10.5. The zero-order valence-electron chi connectivity index (χ0n) is 8.73. The van der Waals surface area contributed by atoms with Crippen LogP contribution in [0, 0.1) is 6.92 Å². The van der Waals surface area contributed by atoms with E-state index in [-0.39, 0.29) is 5.97 Å². The number of carbonyl (C=O) groups is 1. The van der Waals surface area contributed by atoms with Gasteiger partial charge in [-0.3, -0.25) is 4.40 Å². The number of nitrogens with zero attached hydrogens (tertiary/aromatic N) is 2. The smallest absolute Gasteiger partial charge is 0.374 e. The number of aromatic nitrogens is 2. The van der Waals surface area contributed by atoms with E-state index in [1.165, 1.54) is 0 Å². The summed E-state index contributed by atoms with van der Waals surface area (Å²) in [6.07, 6.45) is 1.81. The highest BCUT2D eigenvalue weighted by Crippen LogP contribution is 2.12. The third-order valence-corrected chi connectivity index (χ3v) is 2.19. The number of esters is 1. The molecule has 0 saturated heterocycles. The molecule has 0 atom stereocenters. The first-order valence-electron chi connectivity index (χ1n) is 4.85. The maximum atomic E-state index is 11.6. The molecule has 0 saturated carbocycles. The highest BCUT2D eigenvalue weighted by Gasteiger charge is 2.15. The molecule has 0 aromatic carbocycles. The number of pyridine rings is 1. The molecule has 2 rings (SSSR count). The van der Waals surface area contributed by atoms with Crippen LogP contribution >= 0.6 is 0 Å². The average molecular weight is 204 g/mol. The van der Waals surface area contributed by atoms with E-state index in [0.717, 1.165) is 11.2 Å². The minimum atomic E-state index is -0.383. The molecule has 0 aliphatic carbocycles. The summed E-state index contributed by atoms with van der Waals surface area (Å²) in [5.74, 6) is -0.0447. The van der Waals surface area contributed by atoms with Crippen LogP contribution in [0.2, 0.25) is 0 Å². The van der Waals surface area contributed by atoms with Crippen molar-refractivity contribution in [3.05, 3.63) is 35.9 Å². The van der Waals surface area contributed by atoms with Crippen molar-refractivity contribution in [1.29, 1.82) is 0 Å². The summed E-state index contributed by atoms with van der Waals surface area (Å²) in [6, 6.07) is 5.70. The molecule has 0 bridgehead atoms. The van der Waals surface area contributed by atoms with Gasteiger partial charge >= 0.3 is 5.97 Å². The summed E-state index contributed by atoms with van der Waals surface area (Å²) < 4.78 is 6.67. The van der Waals surface area contributed by atoms with Crippen molar-refractivity contribution in [3.63, 3.8) is 0 Å². The van der Waals surface area contributed by atoms with Gasteiger partial charge < -0.3 is 4.74 Å². The van der Waals surface area contributed by atoms with Gasteiger partial charge in [0.15, 0.2) is 0 Å². The van der Waals surface area contributed by atoms with E-state index >= 15 is 0 Å². The first-order chi connectivity index (χ1) is 7.24. The molecule has 4 nitrogen and oxygen atoms in total. The molecule has 0 unspecified atom stereocenters. The number of hydrogen-bond acceptors (Lipinski definition) is 3. The number of fused-ring (bicyclic) bond motifs is 1. The predicted octanol–water partition coefficient (Wildman–Crippen LogP) is 1.82. The van der Waals surface area contributed by atoms with Crippen molar-refractivity contribution >= 4 is 11.5 Å². The van der Waals surface area contributed by atoms with Gasteiger partial charge in [-0.1, -0.05) is 6.07 Å². The van der Waals surface area contributed by atoms with E-state index in [2.05, 4.69) is 4.98 Å². The van der Waals surface area contributed by atoms with E-state index in [1.807, 2.05) is 31.3 Å². The lowest BCUT2D eigenvalue weighted by atomic mass is 10.3. The Balaban J connectivity index is 2.57. The van der Waals surface area contributed by atoms with Crippen LogP contribution in [0.3, 0.4) is 0 Å². The van der Waals surface area contributed by atoms with Crippen molar-refractivity contribution in [2.45, 2.75) is 13.8 Å². The first kappa shape index (κ1) is 9.71. The Kier molecular flexibility index (Phi) is 2.41. The number of aryl methyl sites for hydroxylation is 1. The second-order valence-corrected chi connectivity index (χ2v) is 3.20. The average Bonchev–Trinajstić information content (AvgIpc) is 2.58. The summed E-state index contributed by atoms with van der Waals surface area (Å²) in [5, 5.41) is 0. The largest absolute Gasteiger partial charge is 0.460 e. The Bertz CT molecular complexity index is 502. The molecular formula is C11H12N2O2. The minimum absolute atomic E-state index is 0.338. The fourth-order valence-electron chi connectivity index (χ4n) is 1.53. The van der Waals surface area contributed by atoms with Gasteiger partial charge in [0.05, 0.1) is 17.8 Å². The number of ether oxygens (including phenoxy) is 1. The molecule has 0 N–H and O–H groups in total. The Labute approximate surface area is 87.5 Å². The second-order valence-electron chi connectivity index (χ2n) is 3.20. The van der Waals surface area contributed by atoms with Crippen molar-refractivity contribution in [1.82, 2.24) is 9.38 Å². The van der Waals surface area contributed by atoms with E-state index in [0.29, 0.717) is 12.4 Å². The fraction of sp³-hybridized carbons (Fsp3) is 0.273. The van der Waals surface area contributed by atoms with E-state index in [9.17, 15) is 4.79 Å². The molecule has 0 fully saturated rings. The lowest BCUT2D eigenvalue weighted by Gasteiger charge is -2.00. The zero-order valence-corrected chi connectivity index (χ0v) is 8.73. The monoisotopic (exact) mass is 204 g/mol. The van der Waals surface area contributed by atoms with Gasteiger partial charge in [0.2, 0.25) is 5.82 Å². The number of imidazole rings is 1. The molecule has 0 radical (unpaired) electrons. The highest BCUT2D eigenvalue weighted by atomic mass is 16.5. The Morgan fingerprint density at radius 1 is 1.53 bits per heavy atom. The van der Waals surface area contributed by atoms with Gasteiger partial charge in [0.25, 0.3) is 0 Å². The van der Waals surface area contributed by atoms with Gasteiger partial charge in [0, 0.05) is 6.20 Å². The minimum Gasteiger partial charge on any atom is -0.460 e. The third kappa shape index (κ3) is 1.58. The van der Waals surface area contributed by atoms with Crippen LogP contribution in [0.1, 0.15) is 23.2 Å². The second kappa shape index (κ2) is 3.73. The molecule has 0 amide bonds. The van der Waals surface area contributed by atoms with E-state index < -0.39 is 0 Å². The maximum absolute atomic E-state index is 11.6. The van der Waals surface area contributed by atoms with Crippen LogP contribution < -0.4 is 0 Å². The SMILES string of the molecule is CCOC(=O)c1nc(C)c2ccccn12. The Morgan fingerprint density at radius 2 is 2.33 bits per heavy atom. The van der Waals surface area contributed by atoms with Crippen molar-refractivity contribution in [2.24, 2.45) is 0 Å². The van der Waals surface area contributed by atoms with Crippen LogP contribution in [0.25, 0.3) is 5.52 Å². The van der Waals surface area contributed by atoms with Crippen LogP contribution in [0.4, 0.5) is 0 Å². The first-order valence-corrected chi connectivity index (χ1v) is 4.85. The summed E-state index contributed by atoms with van der Waals surface area (Å²) in [5.41, 5.74) is 1.76. The molecule has 2 heterocycles. The van der Waals surface area contributed by atoms with Crippen LogP contribution in [-0.4, -0.2) is 22.0 Å². The van der Waals surface area contributed by atoms with Crippen molar-refractivity contribution in [2.75, 3.05) is 6.61 Å². The maximum Gasteiger partial charge on any atom is 0.374 e. The van der Waals surface area contributed by atoms with Crippen LogP contribution in [0.5, 0.6) is 0 Å². The lowest BCUT2D eigenvalue weighted by Crippen LogP contribution is -2.09. The van der Waals surface area contributed by atoms with E-state index in [4.69, 9.17) is 4.74 Å². The van der Waals surface area contributed by atoms with Crippen LogP contribution in [0.15, 0.2) is 24.4 Å². The van der Waals surface area contributed by atoms with Gasteiger partial charge in [-0.15, -0.1) is 0 Å². The van der Waals surface area contributed by atoms with Crippen molar-refractivity contribution < 1.29 is 9.53 Å². The summed E-state index contributed by atoms with van der Waals surface area (Å²) in [7, 11) is 0. The molecule has 2 aromatic heterocycles. The van der Waals surface area contributed by atoms with Gasteiger partial charge in [0.1, 0.15) is 0 Å². The number of hydrogen-bond donors (Lipinski definition) is 0. The van der Waals surface area contributed by atoms with Crippen LogP contribution in [-0.2, 0) is 4.74 Å². The molecular weight excluding hydrogens is 192 g/mol. The Hall–Kier alpha value is -1.84. The van der Waals surface area contributed by atoms with E-state index in [1.54, 1.807) is 11.3 Å². The predicted molar refractivity (Wildman–Crippen MR) is 55.9 cm³/mol.